The van der Waals surface area contributed by atoms with E-state index in [0.717, 1.165) is 11.5 Å². The molecule has 0 fully saturated rings. The minimum Gasteiger partial charge on any atom is -0.352 e. The second-order valence-corrected chi connectivity index (χ2v) is 4.95. The molecule has 1 amide bonds. The third kappa shape index (κ3) is 2.52. The number of H-pyrrole nitrogens is 1. The van der Waals surface area contributed by atoms with E-state index in [9.17, 15) is 9.59 Å². The van der Waals surface area contributed by atoms with Crippen molar-refractivity contribution in [3.8, 4) is 0 Å². The molecule has 102 valence electrons. The SMILES string of the molecule is Cc1nc2cc(=O)c(CNC(=O)C(C)C)c(C)n2[nH]1. The molecule has 0 radical (unpaired) electrons. The van der Waals surface area contributed by atoms with E-state index in [1.54, 1.807) is 4.52 Å². The lowest BCUT2D eigenvalue weighted by Crippen LogP contribution is -2.30. The molecular formula is C13H18N4O2. The highest BCUT2D eigenvalue weighted by atomic mass is 16.2. The largest absolute Gasteiger partial charge is 0.352 e. The van der Waals surface area contributed by atoms with Crippen LogP contribution in [0, 0.1) is 19.8 Å². The van der Waals surface area contributed by atoms with Crippen molar-refractivity contribution in [2.45, 2.75) is 34.2 Å². The fraction of sp³-hybridized carbons (Fsp3) is 0.462. The van der Waals surface area contributed by atoms with Gasteiger partial charge >= 0.3 is 0 Å². The quantitative estimate of drug-likeness (QED) is 0.863. The maximum absolute atomic E-state index is 12.0. The molecule has 0 atom stereocenters. The topological polar surface area (TPSA) is 79.3 Å². The average molecular weight is 262 g/mol. The molecule has 0 aliphatic heterocycles. The van der Waals surface area contributed by atoms with Crippen LogP contribution in [-0.2, 0) is 11.3 Å². The first-order chi connectivity index (χ1) is 8.90. The van der Waals surface area contributed by atoms with Crippen molar-refractivity contribution in [1.82, 2.24) is 19.9 Å². The second kappa shape index (κ2) is 4.87. The van der Waals surface area contributed by atoms with Crippen molar-refractivity contribution in [3.05, 3.63) is 33.4 Å². The Morgan fingerprint density at radius 1 is 1.47 bits per heavy atom. The molecular weight excluding hydrogens is 244 g/mol. The van der Waals surface area contributed by atoms with Crippen LogP contribution < -0.4 is 10.7 Å². The van der Waals surface area contributed by atoms with E-state index in [0.29, 0.717) is 11.2 Å². The number of aromatic nitrogens is 3. The summed E-state index contributed by atoms with van der Waals surface area (Å²) in [5.41, 5.74) is 1.84. The van der Waals surface area contributed by atoms with Crippen molar-refractivity contribution < 1.29 is 4.79 Å². The van der Waals surface area contributed by atoms with E-state index in [1.807, 2.05) is 27.7 Å². The number of nitrogens with one attached hydrogen (secondary N) is 2. The van der Waals surface area contributed by atoms with Gasteiger partial charge in [0.15, 0.2) is 11.1 Å². The number of carbonyl (C=O) groups is 1. The van der Waals surface area contributed by atoms with Gasteiger partial charge < -0.3 is 5.32 Å². The van der Waals surface area contributed by atoms with Crippen LogP contribution in [0.2, 0.25) is 0 Å². The normalized spacial score (nSPS) is 11.2. The second-order valence-electron chi connectivity index (χ2n) is 4.95. The van der Waals surface area contributed by atoms with Crippen LogP contribution in [0.15, 0.2) is 10.9 Å². The molecule has 19 heavy (non-hydrogen) atoms. The van der Waals surface area contributed by atoms with Crippen molar-refractivity contribution in [2.24, 2.45) is 5.92 Å². The van der Waals surface area contributed by atoms with E-state index < -0.39 is 0 Å². The van der Waals surface area contributed by atoms with Crippen molar-refractivity contribution in [2.75, 3.05) is 0 Å². The first-order valence-corrected chi connectivity index (χ1v) is 6.25. The molecule has 0 aliphatic carbocycles. The Bertz CT molecular complexity index is 682. The van der Waals surface area contributed by atoms with E-state index in [2.05, 4.69) is 15.4 Å². The number of nitrogens with zero attached hydrogens (tertiary/aromatic N) is 2. The van der Waals surface area contributed by atoms with Crippen LogP contribution in [-0.4, -0.2) is 20.5 Å². The number of amides is 1. The zero-order valence-corrected chi connectivity index (χ0v) is 11.6. The molecule has 0 saturated heterocycles. The Kier molecular flexibility index (Phi) is 3.42. The molecule has 0 saturated carbocycles. The third-order valence-electron chi connectivity index (χ3n) is 3.08. The molecule has 2 rings (SSSR count). The molecule has 0 bridgehead atoms. The predicted molar refractivity (Wildman–Crippen MR) is 72.0 cm³/mol. The van der Waals surface area contributed by atoms with Crippen LogP contribution >= 0.6 is 0 Å². The van der Waals surface area contributed by atoms with Gasteiger partial charge in [-0.05, 0) is 13.8 Å². The smallest absolute Gasteiger partial charge is 0.222 e. The maximum Gasteiger partial charge on any atom is 0.222 e. The summed E-state index contributed by atoms with van der Waals surface area (Å²) >= 11 is 0. The molecule has 0 aromatic carbocycles. The van der Waals surface area contributed by atoms with Crippen LogP contribution in [0.3, 0.4) is 0 Å². The number of fused-ring (bicyclic) bond motifs is 1. The minimum absolute atomic E-state index is 0.0651. The van der Waals surface area contributed by atoms with Crippen LogP contribution in [0.5, 0.6) is 0 Å². The van der Waals surface area contributed by atoms with Crippen molar-refractivity contribution in [3.63, 3.8) is 0 Å². The summed E-state index contributed by atoms with van der Waals surface area (Å²) in [5, 5.41) is 5.82. The van der Waals surface area contributed by atoms with Gasteiger partial charge in [0.1, 0.15) is 5.82 Å². The molecule has 0 aliphatic rings. The highest BCUT2D eigenvalue weighted by Crippen LogP contribution is 2.07. The number of aryl methyl sites for hydroxylation is 2. The van der Waals surface area contributed by atoms with Crippen LogP contribution in [0.4, 0.5) is 0 Å². The lowest BCUT2D eigenvalue weighted by molar-refractivity contribution is -0.124. The summed E-state index contributed by atoms with van der Waals surface area (Å²) in [7, 11) is 0. The lowest BCUT2D eigenvalue weighted by atomic mass is 10.1. The predicted octanol–water partition coefficient (Wildman–Crippen LogP) is 0.912. The van der Waals surface area contributed by atoms with Gasteiger partial charge in [-0.2, -0.15) is 0 Å². The zero-order chi connectivity index (χ0) is 14.2. The lowest BCUT2D eigenvalue weighted by Gasteiger charge is -2.10. The first kappa shape index (κ1) is 13.3. The number of aromatic amines is 1. The van der Waals surface area contributed by atoms with Crippen molar-refractivity contribution in [1.29, 1.82) is 0 Å². The molecule has 2 aromatic rings. The summed E-state index contributed by atoms with van der Waals surface area (Å²) < 4.78 is 1.76. The molecule has 6 heteroatoms. The standard InChI is InChI=1S/C13H18N4O2/c1-7(2)13(19)14-6-10-8(3)17-12(5-11(10)18)15-9(4)16-17/h5,7H,6H2,1-4H3,(H,14,19)(H,15,16). The highest BCUT2D eigenvalue weighted by Gasteiger charge is 2.12. The van der Waals surface area contributed by atoms with Gasteiger partial charge in [-0.25, -0.2) is 9.50 Å². The average Bonchev–Trinajstić information content (AvgIpc) is 2.69. The van der Waals surface area contributed by atoms with Crippen LogP contribution in [0.25, 0.3) is 5.65 Å². The van der Waals surface area contributed by atoms with Gasteiger partial charge in [0.25, 0.3) is 0 Å². The van der Waals surface area contributed by atoms with Crippen LogP contribution in [0.1, 0.15) is 30.9 Å². The number of hydrogen-bond acceptors (Lipinski definition) is 3. The summed E-state index contributed by atoms with van der Waals surface area (Å²) in [5.74, 6) is 0.580. The molecule has 2 heterocycles. The highest BCUT2D eigenvalue weighted by molar-refractivity contribution is 5.77. The van der Waals surface area contributed by atoms with Crippen molar-refractivity contribution >= 4 is 11.6 Å². The van der Waals surface area contributed by atoms with E-state index in [4.69, 9.17) is 0 Å². The van der Waals surface area contributed by atoms with Gasteiger partial charge in [0, 0.05) is 29.8 Å². The van der Waals surface area contributed by atoms with Gasteiger partial charge in [-0.15, -0.1) is 0 Å². The van der Waals surface area contributed by atoms with E-state index in [-0.39, 0.29) is 23.8 Å². The summed E-state index contributed by atoms with van der Waals surface area (Å²) in [6.07, 6.45) is 0. The minimum atomic E-state index is -0.104. The Labute approximate surface area is 110 Å². The van der Waals surface area contributed by atoms with Gasteiger partial charge in [0.2, 0.25) is 5.91 Å². The number of carbonyl (C=O) groups excluding carboxylic acids is 1. The van der Waals surface area contributed by atoms with Gasteiger partial charge in [-0.1, -0.05) is 13.8 Å². The zero-order valence-electron chi connectivity index (χ0n) is 11.6. The summed E-state index contributed by atoms with van der Waals surface area (Å²) in [6, 6.07) is 1.48. The fourth-order valence-corrected chi connectivity index (χ4v) is 1.93. The van der Waals surface area contributed by atoms with Gasteiger partial charge in [0.05, 0.1) is 0 Å². The number of pyridine rings is 1. The Balaban J connectivity index is 2.38. The summed E-state index contributed by atoms with van der Waals surface area (Å²) in [6.45, 7) is 7.54. The molecule has 2 N–H and O–H groups in total. The Hall–Kier alpha value is -2.11. The number of rotatable bonds is 3. The van der Waals surface area contributed by atoms with Gasteiger partial charge in [-0.3, -0.25) is 14.7 Å². The first-order valence-electron chi connectivity index (χ1n) is 6.25. The molecule has 0 spiro atoms. The van der Waals surface area contributed by atoms with E-state index in [1.165, 1.54) is 6.07 Å². The Morgan fingerprint density at radius 2 is 2.16 bits per heavy atom. The third-order valence-corrected chi connectivity index (χ3v) is 3.08. The molecule has 6 nitrogen and oxygen atoms in total. The monoisotopic (exact) mass is 262 g/mol. The summed E-state index contributed by atoms with van der Waals surface area (Å²) in [4.78, 5) is 27.8. The Morgan fingerprint density at radius 3 is 2.79 bits per heavy atom. The molecule has 2 aromatic heterocycles. The maximum atomic E-state index is 12.0. The fourth-order valence-electron chi connectivity index (χ4n) is 1.93. The molecule has 0 unspecified atom stereocenters. The van der Waals surface area contributed by atoms with E-state index >= 15 is 0 Å². The number of hydrogen-bond donors (Lipinski definition) is 2.